The standard InChI is InChI=1S/C23H35F2N9O3/c1-31-5-7-33(8-6-31)23(36)14-3-4-34(12-14)19-16(25)10-27-11-17(19)29-22(35)18(20(26)30-37)21-28-9-15(24)13-32(21)2/h10-11,14-15,18,20-21,28H,3-9,12-13,26H2,1-2H3,(H,29,35). The minimum atomic E-state index is -1.42. The number of likely N-dealkylation sites (N-methyl/N-ethyl adjacent to an activating group) is 1. The number of anilines is 2. The molecule has 1 aromatic rings. The highest BCUT2D eigenvalue weighted by atomic mass is 19.1. The number of hydrogen-bond donors (Lipinski definition) is 3. The van der Waals surface area contributed by atoms with Gasteiger partial charge in [-0.1, -0.05) is 5.18 Å². The van der Waals surface area contributed by atoms with E-state index in [1.165, 1.54) is 6.20 Å². The van der Waals surface area contributed by atoms with Gasteiger partial charge in [-0.2, -0.15) is 0 Å². The van der Waals surface area contributed by atoms with Crippen molar-refractivity contribution in [3.05, 3.63) is 23.1 Å². The Balaban J connectivity index is 1.50. The third-order valence-corrected chi connectivity index (χ3v) is 7.44. The summed E-state index contributed by atoms with van der Waals surface area (Å²) in [7, 11) is 3.63. The third kappa shape index (κ3) is 6.03. The Bertz CT molecular complexity index is 994. The number of nitroso groups, excluding NO2 is 1. The largest absolute Gasteiger partial charge is 0.367 e. The quantitative estimate of drug-likeness (QED) is 0.408. The van der Waals surface area contributed by atoms with Gasteiger partial charge in [-0.3, -0.25) is 24.8 Å². The molecule has 0 aliphatic carbocycles. The molecule has 5 atom stereocenters. The van der Waals surface area contributed by atoms with Crippen LogP contribution < -0.4 is 21.3 Å². The van der Waals surface area contributed by atoms with E-state index < -0.39 is 36.1 Å². The maximum Gasteiger partial charge on any atom is 0.234 e. The monoisotopic (exact) mass is 523 g/mol. The van der Waals surface area contributed by atoms with E-state index in [-0.39, 0.29) is 36.3 Å². The normalized spacial score (nSPS) is 27.1. The molecule has 3 fully saturated rings. The van der Waals surface area contributed by atoms with Crippen molar-refractivity contribution in [2.45, 2.75) is 24.9 Å². The molecular formula is C23H35F2N9O3. The van der Waals surface area contributed by atoms with Crippen molar-refractivity contribution < 1.29 is 18.4 Å². The van der Waals surface area contributed by atoms with Crippen LogP contribution in [0.25, 0.3) is 0 Å². The third-order valence-electron chi connectivity index (χ3n) is 7.44. The lowest BCUT2D eigenvalue weighted by Crippen LogP contribution is -2.62. The number of rotatable bonds is 7. The summed E-state index contributed by atoms with van der Waals surface area (Å²) in [6, 6.07) is 0. The predicted octanol–water partition coefficient (Wildman–Crippen LogP) is -0.374. The maximum atomic E-state index is 15.1. The number of pyridine rings is 1. The fourth-order valence-corrected chi connectivity index (χ4v) is 5.35. The topological polar surface area (TPSA) is 140 Å². The van der Waals surface area contributed by atoms with Gasteiger partial charge in [0.25, 0.3) is 0 Å². The van der Waals surface area contributed by atoms with Crippen molar-refractivity contribution in [1.82, 2.24) is 25.0 Å². The first-order valence-electron chi connectivity index (χ1n) is 12.5. The number of nitrogens with zero attached hydrogens (tertiary/aromatic N) is 6. The Morgan fingerprint density at radius 3 is 2.59 bits per heavy atom. The molecule has 0 bridgehead atoms. The van der Waals surface area contributed by atoms with E-state index in [9.17, 15) is 18.9 Å². The summed E-state index contributed by atoms with van der Waals surface area (Å²) in [4.78, 5) is 48.9. The van der Waals surface area contributed by atoms with Crippen molar-refractivity contribution in [3.8, 4) is 0 Å². The lowest BCUT2D eigenvalue weighted by atomic mass is 9.98. The van der Waals surface area contributed by atoms with Gasteiger partial charge in [0.15, 0.2) is 12.0 Å². The summed E-state index contributed by atoms with van der Waals surface area (Å²) in [6.07, 6.45) is -0.376. The molecule has 14 heteroatoms. The van der Waals surface area contributed by atoms with Gasteiger partial charge in [0.1, 0.15) is 17.8 Å². The van der Waals surface area contributed by atoms with Crippen LogP contribution in [0, 0.1) is 22.6 Å². The van der Waals surface area contributed by atoms with Crippen molar-refractivity contribution in [3.63, 3.8) is 0 Å². The van der Waals surface area contributed by atoms with Crippen LogP contribution in [0.15, 0.2) is 17.6 Å². The zero-order chi connectivity index (χ0) is 26.7. The van der Waals surface area contributed by atoms with Crippen molar-refractivity contribution in [2.75, 3.05) is 76.7 Å². The summed E-state index contributed by atoms with van der Waals surface area (Å²) in [5, 5.41) is 8.40. The second-order valence-electron chi connectivity index (χ2n) is 10.1. The number of aromatic nitrogens is 1. The molecular weight excluding hydrogens is 488 g/mol. The van der Waals surface area contributed by atoms with E-state index in [1.807, 2.05) is 11.9 Å². The van der Waals surface area contributed by atoms with E-state index in [4.69, 9.17) is 5.73 Å². The molecule has 37 heavy (non-hydrogen) atoms. The zero-order valence-electron chi connectivity index (χ0n) is 21.1. The van der Waals surface area contributed by atoms with E-state index in [0.29, 0.717) is 32.6 Å². The Labute approximate surface area is 214 Å². The van der Waals surface area contributed by atoms with E-state index in [1.54, 1.807) is 16.8 Å². The Hall–Kier alpha value is -2.81. The van der Waals surface area contributed by atoms with Crippen molar-refractivity contribution in [1.29, 1.82) is 0 Å². The van der Waals surface area contributed by atoms with Gasteiger partial charge < -0.3 is 25.8 Å². The van der Waals surface area contributed by atoms with Crippen LogP contribution in [-0.4, -0.2) is 116 Å². The first-order chi connectivity index (χ1) is 17.7. The number of piperazine rings is 1. The number of alkyl halides is 1. The zero-order valence-corrected chi connectivity index (χ0v) is 21.1. The molecule has 0 spiro atoms. The molecule has 2 amide bonds. The van der Waals surface area contributed by atoms with Crippen LogP contribution in [-0.2, 0) is 9.59 Å². The van der Waals surface area contributed by atoms with Crippen LogP contribution >= 0.6 is 0 Å². The number of nitrogens with two attached hydrogens (primary N) is 1. The highest BCUT2D eigenvalue weighted by Crippen LogP contribution is 2.34. The summed E-state index contributed by atoms with van der Waals surface area (Å²) in [5.74, 6) is -2.72. The Morgan fingerprint density at radius 1 is 1.19 bits per heavy atom. The molecule has 0 aromatic carbocycles. The second kappa shape index (κ2) is 11.7. The first-order valence-corrected chi connectivity index (χ1v) is 12.5. The molecule has 4 rings (SSSR count). The van der Waals surface area contributed by atoms with Gasteiger partial charge in [0, 0.05) is 52.4 Å². The molecule has 1 aromatic heterocycles. The van der Waals surface area contributed by atoms with Crippen LogP contribution in [0.5, 0.6) is 0 Å². The number of halogens is 2. The minimum absolute atomic E-state index is 0.00632. The maximum absolute atomic E-state index is 15.1. The summed E-state index contributed by atoms with van der Waals surface area (Å²) < 4.78 is 28.8. The number of nitrogens with one attached hydrogen (secondary N) is 2. The van der Waals surface area contributed by atoms with E-state index in [0.717, 1.165) is 19.3 Å². The lowest BCUT2D eigenvalue weighted by molar-refractivity contribution is -0.136. The highest BCUT2D eigenvalue weighted by Gasteiger charge is 2.41. The molecule has 4 heterocycles. The molecule has 3 saturated heterocycles. The first kappa shape index (κ1) is 27.2. The molecule has 12 nitrogen and oxygen atoms in total. The molecule has 3 aliphatic heterocycles. The SMILES string of the molecule is CN1CCN(C(=O)C2CCN(c3c(F)cncc3NC(=O)C(C(N)N=O)C3NCC(F)CN3C)C2)CC1. The molecule has 3 aliphatic rings. The lowest BCUT2D eigenvalue weighted by Gasteiger charge is -2.40. The minimum Gasteiger partial charge on any atom is -0.367 e. The van der Waals surface area contributed by atoms with Crippen LogP contribution in [0.4, 0.5) is 20.2 Å². The number of hydrogen-bond acceptors (Lipinski definition) is 10. The van der Waals surface area contributed by atoms with E-state index >= 15 is 4.39 Å². The average Bonchev–Trinajstić information content (AvgIpc) is 3.35. The Kier molecular flexibility index (Phi) is 8.62. The number of carbonyl (C=O) groups excluding carboxylic acids is 2. The highest BCUT2D eigenvalue weighted by molar-refractivity contribution is 5.96. The van der Waals surface area contributed by atoms with Gasteiger partial charge in [0.2, 0.25) is 11.8 Å². The number of carbonyl (C=O) groups is 2. The van der Waals surface area contributed by atoms with E-state index in [2.05, 4.69) is 25.7 Å². The molecule has 0 saturated carbocycles. The van der Waals surface area contributed by atoms with Crippen molar-refractivity contribution >= 4 is 23.2 Å². The second-order valence-corrected chi connectivity index (χ2v) is 10.1. The Morgan fingerprint density at radius 2 is 1.92 bits per heavy atom. The fraction of sp³-hybridized carbons (Fsp3) is 0.696. The van der Waals surface area contributed by atoms with Crippen molar-refractivity contribution in [2.24, 2.45) is 22.7 Å². The number of amides is 2. The van der Waals surface area contributed by atoms with Gasteiger partial charge in [-0.25, -0.2) is 8.78 Å². The summed E-state index contributed by atoms with van der Waals surface area (Å²) in [5.41, 5.74) is 6.10. The molecule has 5 unspecified atom stereocenters. The fourth-order valence-electron chi connectivity index (χ4n) is 5.35. The summed E-state index contributed by atoms with van der Waals surface area (Å²) in [6.45, 7) is 3.73. The molecule has 0 radical (unpaired) electrons. The average molecular weight is 524 g/mol. The predicted molar refractivity (Wildman–Crippen MR) is 134 cm³/mol. The van der Waals surface area contributed by atoms with Gasteiger partial charge in [-0.15, -0.1) is 4.91 Å². The molecule has 4 N–H and O–H groups in total. The van der Waals surface area contributed by atoms with Gasteiger partial charge >= 0.3 is 0 Å². The van der Waals surface area contributed by atoms with Crippen LogP contribution in [0.1, 0.15) is 6.42 Å². The van der Waals surface area contributed by atoms with Crippen LogP contribution in [0.2, 0.25) is 0 Å². The smallest absolute Gasteiger partial charge is 0.234 e. The van der Waals surface area contributed by atoms with Gasteiger partial charge in [-0.05, 0) is 20.5 Å². The van der Waals surface area contributed by atoms with Gasteiger partial charge in [0.05, 0.1) is 30.2 Å². The molecule has 204 valence electrons. The van der Waals surface area contributed by atoms with Crippen LogP contribution in [0.3, 0.4) is 0 Å². The summed E-state index contributed by atoms with van der Waals surface area (Å²) >= 11 is 0.